The Labute approximate surface area is 205 Å². The third-order valence-corrected chi connectivity index (χ3v) is 9.03. The van der Waals surface area contributed by atoms with Crippen LogP contribution in [0, 0.1) is 11.3 Å². The van der Waals surface area contributed by atoms with Gasteiger partial charge in [-0.2, -0.15) is 14.7 Å². The summed E-state index contributed by atoms with van der Waals surface area (Å²) in [6, 6.07) is 9.41. The second-order valence-electron chi connectivity index (χ2n) is 10.2. The van der Waals surface area contributed by atoms with E-state index >= 15 is 0 Å². The highest BCUT2D eigenvalue weighted by Crippen LogP contribution is 2.61. The maximum Gasteiger partial charge on any atom is 0.261 e. The molecule has 5 rings (SSSR count). The number of aromatic nitrogens is 3. The molecular weight excluding hydrogens is 468 g/mol. The van der Waals surface area contributed by atoms with E-state index in [4.69, 9.17) is 9.84 Å². The third kappa shape index (κ3) is 3.91. The standard InChI is InChI=1S/C24H30N6O4S/c1-23(2,3)29-14-16-13-17(5-6-19(16)35(29,32)33)27-21-20-18(7-11-26-22(20)31)30(28-21)24(9-10-25)8-4-12-34-15-24/h5-7,11,13,32-33H,4,8-9,12,14-15H2,1-3H3,(H,26,31)(H,27,28). The van der Waals surface area contributed by atoms with Crippen LogP contribution in [0.5, 0.6) is 0 Å². The Morgan fingerprint density at radius 1 is 1.34 bits per heavy atom. The van der Waals surface area contributed by atoms with Gasteiger partial charge in [-0.25, -0.2) is 0 Å². The van der Waals surface area contributed by atoms with E-state index in [0.29, 0.717) is 47.1 Å². The van der Waals surface area contributed by atoms with E-state index in [-0.39, 0.29) is 12.0 Å². The van der Waals surface area contributed by atoms with Crippen molar-refractivity contribution in [3.05, 3.63) is 46.4 Å². The lowest BCUT2D eigenvalue weighted by Gasteiger charge is -2.44. The molecule has 10 nitrogen and oxygen atoms in total. The predicted octanol–water partition coefficient (Wildman–Crippen LogP) is 4.53. The Hall–Kier alpha value is -2.88. The molecule has 0 amide bonds. The van der Waals surface area contributed by atoms with Crippen LogP contribution in [0.4, 0.5) is 11.5 Å². The monoisotopic (exact) mass is 498 g/mol. The van der Waals surface area contributed by atoms with Crippen LogP contribution in [0.15, 0.2) is 40.2 Å². The number of aromatic amines is 1. The molecule has 2 aliphatic heterocycles. The van der Waals surface area contributed by atoms with Crippen LogP contribution in [0.1, 0.15) is 45.6 Å². The number of fused-ring (bicyclic) bond motifs is 2. The molecule has 0 spiro atoms. The quantitative estimate of drug-likeness (QED) is 0.411. The van der Waals surface area contributed by atoms with Gasteiger partial charge >= 0.3 is 0 Å². The van der Waals surface area contributed by atoms with E-state index in [1.807, 2.05) is 26.8 Å². The van der Waals surface area contributed by atoms with E-state index in [1.54, 1.807) is 33.4 Å². The molecule has 0 bridgehead atoms. The molecule has 3 aromatic rings. The minimum Gasteiger partial charge on any atom is -0.379 e. The van der Waals surface area contributed by atoms with Crippen molar-refractivity contribution in [1.29, 1.82) is 5.26 Å². The molecule has 186 valence electrons. The van der Waals surface area contributed by atoms with Crippen molar-refractivity contribution in [3.8, 4) is 6.07 Å². The molecule has 11 heteroatoms. The highest BCUT2D eigenvalue weighted by molar-refractivity contribution is 8.22. The number of nitrogens with zero attached hydrogens (tertiary/aromatic N) is 4. The van der Waals surface area contributed by atoms with Gasteiger partial charge in [0.1, 0.15) is 5.39 Å². The molecule has 4 N–H and O–H groups in total. The normalized spacial score (nSPS) is 23.1. The molecule has 1 unspecified atom stereocenters. The first-order chi connectivity index (χ1) is 16.6. The molecule has 1 saturated heterocycles. The zero-order valence-electron chi connectivity index (χ0n) is 20.0. The molecule has 35 heavy (non-hydrogen) atoms. The zero-order valence-corrected chi connectivity index (χ0v) is 20.9. The van der Waals surface area contributed by atoms with Crippen LogP contribution in [-0.2, 0) is 16.8 Å². The van der Waals surface area contributed by atoms with Gasteiger partial charge in [0.2, 0.25) is 0 Å². The topological polar surface area (TPSA) is 139 Å². The van der Waals surface area contributed by atoms with Crippen molar-refractivity contribution in [2.24, 2.45) is 0 Å². The summed E-state index contributed by atoms with van der Waals surface area (Å²) in [5, 5.41) is 18.0. The van der Waals surface area contributed by atoms with Crippen molar-refractivity contribution in [2.45, 2.75) is 62.6 Å². The summed E-state index contributed by atoms with van der Waals surface area (Å²) in [6.07, 6.45) is 3.33. The minimum absolute atomic E-state index is 0.218. The fourth-order valence-corrected chi connectivity index (χ4v) is 7.11. The Morgan fingerprint density at radius 3 is 2.83 bits per heavy atom. The van der Waals surface area contributed by atoms with Crippen LogP contribution in [-0.4, -0.2) is 46.9 Å². The number of rotatable bonds is 4. The Balaban J connectivity index is 1.57. The van der Waals surface area contributed by atoms with Crippen molar-refractivity contribution < 1.29 is 13.8 Å². The summed E-state index contributed by atoms with van der Waals surface area (Å²) in [4.78, 5) is 16.1. The van der Waals surface area contributed by atoms with E-state index < -0.39 is 21.9 Å². The van der Waals surface area contributed by atoms with Gasteiger partial charge in [0.15, 0.2) is 5.82 Å². The van der Waals surface area contributed by atoms with Gasteiger partial charge in [-0.3, -0.25) is 18.6 Å². The SMILES string of the molecule is CC(C)(C)N1Cc2cc(Nc3nn(C4(CC#N)CCCOC4)c4cc[nH]c(=O)c34)ccc2S1(O)O. The lowest BCUT2D eigenvalue weighted by molar-refractivity contribution is -0.00174. The number of hydrogen-bond donors (Lipinski definition) is 4. The summed E-state index contributed by atoms with van der Waals surface area (Å²) in [7, 11) is -3.07. The number of nitrogens with one attached hydrogen (secondary N) is 2. The Kier molecular flexibility index (Phi) is 5.69. The predicted molar refractivity (Wildman–Crippen MR) is 135 cm³/mol. The van der Waals surface area contributed by atoms with Gasteiger partial charge < -0.3 is 15.0 Å². The molecule has 2 aliphatic rings. The molecule has 0 aliphatic carbocycles. The van der Waals surface area contributed by atoms with Gasteiger partial charge in [-0.1, -0.05) is 0 Å². The molecule has 1 atom stereocenters. The molecule has 0 saturated carbocycles. The number of nitriles is 1. The summed E-state index contributed by atoms with van der Waals surface area (Å²) < 4.78 is 31.0. The van der Waals surface area contributed by atoms with Crippen LogP contribution >= 0.6 is 10.8 Å². The van der Waals surface area contributed by atoms with Gasteiger partial charge in [0.25, 0.3) is 5.56 Å². The fraction of sp³-hybridized carbons (Fsp3) is 0.458. The second-order valence-corrected chi connectivity index (χ2v) is 12.1. The highest BCUT2D eigenvalue weighted by atomic mass is 32.3. The van der Waals surface area contributed by atoms with Crippen LogP contribution in [0.25, 0.3) is 10.9 Å². The van der Waals surface area contributed by atoms with Crippen molar-refractivity contribution >= 4 is 33.2 Å². The maximum absolute atomic E-state index is 12.9. The first kappa shape index (κ1) is 23.8. The second kappa shape index (κ2) is 8.36. The first-order valence-electron chi connectivity index (χ1n) is 11.6. The van der Waals surface area contributed by atoms with E-state index in [0.717, 1.165) is 18.4 Å². The average Bonchev–Trinajstić information content (AvgIpc) is 3.30. The lowest BCUT2D eigenvalue weighted by atomic mass is 9.89. The first-order valence-corrected chi connectivity index (χ1v) is 13.1. The number of benzene rings is 1. The summed E-state index contributed by atoms with van der Waals surface area (Å²) >= 11 is 0. The van der Waals surface area contributed by atoms with Crippen molar-refractivity contribution in [1.82, 2.24) is 19.1 Å². The molecule has 2 aromatic heterocycles. The molecule has 1 fully saturated rings. The van der Waals surface area contributed by atoms with Crippen LogP contribution in [0.3, 0.4) is 0 Å². The summed E-state index contributed by atoms with van der Waals surface area (Å²) in [6.45, 7) is 7.23. The summed E-state index contributed by atoms with van der Waals surface area (Å²) in [5.41, 5.74) is 0.759. The Morgan fingerprint density at radius 2 is 2.14 bits per heavy atom. The average molecular weight is 499 g/mol. The zero-order chi connectivity index (χ0) is 25.0. The van der Waals surface area contributed by atoms with E-state index in [1.165, 1.54) is 0 Å². The van der Waals surface area contributed by atoms with Gasteiger partial charge in [-0.15, -0.1) is 10.8 Å². The minimum atomic E-state index is -3.07. The smallest absolute Gasteiger partial charge is 0.261 e. The number of ether oxygens (including phenoxy) is 1. The van der Waals surface area contributed by atoms with Gasteiger partial charge in [0, 0.05) is 30.6 Å². The van der Waals surface area contributed by atoms with E-state index in [9.17, 15) is 19.2 Å². The summed E-state index contributed by atoms with van der Waals surface area (Å²) in [5.74, 6) is 0.377. The van der Waals surface area contributed by atoms with Crippen molar-refractivity contribution in [2.75, 3.05) is 18.5 Å². The molecule has 1 aromatic carbocycles. The maximum atomic E-state index is 12.9. The highest BCUT2D eigenvalue weighted by Gasteiger charge is 2.42. The molecular formula is C24H30N6O4S. The number of H-pyrrole nitrogens is 1. The van der Waals surface area contributed by atoms with Crippen LogP contribution in [0.2, 0.25) is 0 Å². The fourth-order valence-electron chi connectivity index (χ4n) is 5.06. The lowest BCUT2D eigenvalue weighted by Crippen LogP contribution is -2.42. The largest absolute Gasteiger partial charge is 0.379 e. The number of hydrogen-bond acceptors (Lipinski definition) is 8. The number of pyridine rings is 1. The number of anilines is 2. The van der Waals surface area contributed by atoms with Crippen molar-refractivity contribution in [3.63, 3.8) is 0 Å². The van der Waals surface area contributed by atoms with Gasteiger partial charge in [-0.05, 0) is 63.4 Å². The van der Waals surface area contributed by atoms with Gasteiger partial charge in [0.05, 0.1) is 35.0 Å². The molecule has 4 heterocycles. The van der Waals surface area contributed by atoms with E-state index in [2.05, 4.69) is 16.4 Å². The van der Waals surface area contributed by atoms with Crippen LogP contribution < -0.4 is 10.9 Å². The third-order valence-electron chi connectivity index (χ3n) is 6.75. The molecule has 0 radical (unpaired) electrons. The Bertz CT molecular complexity index is 1380.